The van der Waals surface area contributed by atoms with Crippen LogP contribution in [0.4, 0.5) is 4.79 Å². The minimum atomic E-state index is -3.46. The van der Waals surface area contributed by atoms with Gasteiger partial charge in [0.05, 0.1) is 5.66 Å². The molecule has 0 aliphatic carbocycles. The molecule has 1 N–H and O–H groups in total. The average molecular weight is 295 g/mol. The molecular formula is C11H20O7P-. The number of aliphatic hydroxyl groups excluding tert-OH is 1. The van der Waals surface area contributed by atoms with Crippen molar-refractivity contribution < 1.29 is 33.4 Å². The van der Waals surface area contributed by atoms with Crippen LogP contribution >= 0.6 is 7.60 Å². The molecule has 0 spiro atoms. The van der Waals surface area contributed by atoms with Crippen molar-refractivity contribution in [3.8, 4) is 0 Å². The van der Waals surface area contributed by atoms with Gasteiger partial charge in [0.2, 0.25) is 0 Å². The number of carbonyl (C=O) groups is 1. The number of ether oxygens (including phenoxy) is 1. The first-order chi connectivity index (χ1) is 9.00. The van der Waals surface area contributed by atoms with Crippen molar-refractivity contribution in [1.82, 2.24) is 0 Å². The van der Waals surface area contributed by atoms with Crippen molar-refractivity contribution in [2.24, 2.45) is 0 Å². The first kappa shape index (κ1) is 18.1. The number of unbranched alkanes of at least 4 members (excludes halogenated alkanes) is 2. The van der Waals surface area contributed by atoms with E-state index in [9.17, 15) is 14.5 Å². The van der Waals surface area contributed by atoms with Crippen molar-refractivity contribution in [1.29, 1.82) is 0 Å². The number of carboxylic acid groups (broad SMARTS) is 1. The second kappa shape index (κ2) is 9.97. The molecule has 7 nitrogen and oxygen atoms in total. The van der Waals surface area contributed by atoms with Gasteiger partial charge in [0.1, 0.15) is 0 Å². The SMILES string of the molecule is COP(=O)(OC)C(C=CCCCCO)COC(=O)[O-]. The zero-order chi connectivity index (χ0) is 14.7. The summed E-state index contributed by atoms with van der Waals surface area (Å²) in [4.78, 5) is 10.3. The van der Waals surface area contributed by atoms with Crippen LogP contribution in [-0.4, -0.2) is 44.4 Å². The molecule has 0 aromatic carbocycles. The zero-order valence-electron chi connectivity index (χ0n) is 11.1. The molecule has 0 radical (unpaired) electrons. The zero-order valence-corrected chi connectivity index (χ0v) is 12.0. The maximum atomic E-state index is 12.2. The van der Waals surface area contributed by atoms with Gasteiger partial charge in [-0.15, -0.1) is 0 Å². The molecule has 0 aromatic rings. The summed E-state index contributed by atoms with van der Waals surface area (Å²) in [6, 6.07) is 0. The van der Waals surface area contributed by atoms with Gasteiger partial charge in [-0.3, -0.25) is 4.57 Å². The maximum Gasteiger partial charge on any atom is 0.338 e. The number of allylic oxidation sites excluding steroid dienone is 1. The predicted octanol–water partition coefficient (Wildman–Crippen LogP) is 0.920. The minimum absolute atomic E-state index is 0.111. The quantitative estimate of drug-likeness (QED) is 0.276. The molecule has 19 heavy (non-hydrogen) atoms. The average Bonchev–Trinajstić information content (AvgIpc) is 2.40. The summed E-state index contributed by atoms with van der Waals surface area (Å²) in [5.41, 5.74) is -0.825. The fourth-order valence-electron chi connectivity index (χ4n) is 1.38. The van der Waals surface area contributed by atoms with Crippen molar-refractivity contribution in [2.75, 3.05) is 27.4 Å². The van der Waals surface area contributed by atoms with Crippen molar-refractivity contribution in [2.45, 2.75) is 24.9 Å². The highest BCUT2D eigenvalue weighted by molar-refractivity contribution is 7.54. The second-order valence-corrected chi connectivity index (χ2v) is 6.15. The van der Waals surface area contributed by atoms with E-state index in [1.165, 1.54) is 20.3 Å². The maximum absolute atomic E-state index is 12.2. The lowest BCUT2D eigenvalue weighted by Gasteiger charge is -2.23. The largest absolute Gasteiger partial charge is 0.548 e. The van der Waals surface area contributed by atoms with Crippen LogP contribution < -0.4 is 5.11 Å². The van der Waals surface area contributed by atoms with E-state index in [1.807, 2.05) is 0 Å². The van der Waals surface area contributed by atoms with Crippen LogP contribution in [0.1, 0.15) is 19.3 Å². The van der Waals surface area contributed by atoms with Crippen molar-refractivity contribution >= 4 is 13.8 Å². The van der Waals surface area contributed by atoms with Crippen LogP contribution in [-0.2, 0) is 18.3 Å². The lowest BCUT2D eigenvalue weighted by Crippen LogP contribution is -2.28. The Bertz CT molecular complexity index is 321. The molecule has 1 atom stereocenters. The molecule has 0 heterocycles. The summed E-state index contributed by atoms with van der Waals surface area (Å²) in [5, 5.41) is 18.9. The van der Waals surface area contributed by atoms with Gasteiger partial charge in [-0.1, -0.05) is 12.2 Å². The third-order valence-electron chi connectivity index (χ3n) is 2.42. The first-order valence-corrected chi connectivity index (χ1v) is 7.43. The molecule has 0 aliphatic rings. The van der Waals surface area contributed by atoms with Crippen molar-refractivity contribution in [3.05, 3.63) is 12.2 Å². The lowest BCUT2D eigenvalue weighted by molar-refractivity contribution is -0.282. The monoisotopic (exact) mass is 295 g/mol. The van der Waals surface area contributed by atoms with Gasteiger partial charge in [0.25, 0.3) is 6.16 Å². The fraction of sp³-hybridized carbons (Fsp3) is 0.727. The van der Waals surface area contributed by atoms with E-state index in [0.717, 1.165) is 6.42 Å². The smallest absolute Gasteiger partial charge is 0.338 e. The molecule has 0 fully saturated rings. The van der Waals surface area contributed by atoms with Gasteiger partial charge in [0.15, 0.2) is 0 Å². The summed E-state index contributed by atoms with van der Waals surface area (Å²) in [5.74, 6) is 0. The minimum Gasteiger partial charge on any atom is -0.548 e. The normalized spacial score (nSPS) is 13.6. The number of aliphatic hydroxyl groups is 1. The third-order valence-corrected chi connectivity index (χ3v) is 4.58. The Balaban J connectivity index is 4.57. The molecule has 0 rings (SSSR count). The Hall–Kier alpha value is -0.880. The highest BCUT2D eigenvalue weighted by Crippen LogP contribution is 2.52. The standard InChI is InChI=1S/C11H21O7P/c1-16-19(15,17-2)10(9-18-11(13)14)7-5-3-4-6-8-12/h5,7,10,12H,3-4,6,8-9H2,1-2H3,(H,13,14)/p-1. The molecular weight excluding hydrogens is 275 g/mol. The van der Waals surface area contributed by atoms with E-state index in [4.69, 9.17) is 14.2 Å². The molecule has 112 valence electrons. The fourth-order valence-corrected chi connectivity index (χ4v) is 2.66. The number of carbonyl (C=O) groups excluding carboxylic acids is 1. The van der Waals surface area contributed by atoms with E-state index in [-0.39, 0.29) is 13.2 Å². The van der Waals surface area contributed by atoms with Gasteiger partial charge in [-0.2, -0.15) is 0 Å². The highest BCUT2D eigenvalue weighted by atomic mass is 31.2. The summed E-state index contributed by atoms with van der Waals surface area (Å²) in [6.45, 7) is -0.252. The molecule has 0 bridgehead atoms. The molecule has 0 amide bonds. The van der Waals surface area contributed by atoms with Crippen LogP contribution in [0.2, 0.25) is 0 Å². The Morgan fingerprint density at radius 1 is 1.37 bits per heavy atom. The first-order valence-electron chi connectivity index (χ1n) is 5.82. The number of rotatable bonds is 10. The Kier molecular flexibility index (Phi) is 9.51. The second-order valence-electron chi connectivity index (χ2n) is 3.68. The van der Waals surface area contributed by atoms with Gasteiger partial charge in [0, 0.05) is 27.4 Å². The van der Waals surface area contributed by atoms with Gasteiger partial charge >= 0.3 is 7.60 Å². The van der Waals surface area contributed by atoms with Gasteiger partial charge < -0.3 is 28.8 Å². The Labute approximate surface area is 112 Å². The summed E-state index contributed by atoms with van der Waals surface area (Å²) < 4.78 is 26.1. The van der Waals surface area contributed by atoms with Crippen molar-refractivity contribution in [3.63, 3.8) is 0 Å². The number of hydrogen-bond acceptors (Lipinski definition) is 7. The lowest BCUT2D eigenvalue weighted by atomic mass is 10.2. The Morgan fingerprint density at radius 3 is 2.47 bits per heavy atom. The predicted molar refractivity (Wildman–Crippen MR) is 66.8 cm³/mol. The Morgan fingerprint density at radius 2 is 2.00 bits per heavy atom. The van der Waals surface area contributed by atoms with E-state index < -0.39 is 19.4 Å². The molecule has 0 saturated carbocycles. The number of hydrogen-bond donors (Lipinski definition) is 1. The third kappa shape index (κ3) is 7.32. The van der Waals surface area contributed by atoms with E-state index in [0.29, 0.717) is 12.8 Å². The molecule has 8 heteroatoms. The van der Waals surface area contributed by atoms with Crippen LogP contribution in [0.25, 0.3) is 0 Å². The molecule has 0 aliphatic heterocycles. The molecule has 0 saturated heterocycles. The topological polar surface area (TPSA) is 105 Å². The summed E-state index contributed by atoms with van der Waals surface area (Å²) >= 11 is 0. The van der Waals surface area contributed by atoms with Gasteiger partial charge in [-0.05, 0) is 19.3 Å². The van der Waals surface area contributed by atoms with Crippen LogP contribution in [0.3, 0.4) is 0 Å². The summed E-state index contributed by atoms with van der Waals surface area (Å²) in [7, 11) is -1.02. The van der Waals surface area contributed by atoms with Crippen LogP contribution in [0.15, 0.2) is 12.2 Å². The van der Waals surface area contributed by atoms with E-state index in [1.54, 1.807) is 6.08 Å². The van der Waals surface area contributed by atoms with E-state index in [2.05, 4.69) is 4.74 Å². The highest BCUT2D eigenvalue weighted by Gasteiger charge is 2.31. The molecule has 1 unspecified atom stereocenters. The van der Waals surface area contributed by atoms with E-state index >= 15 is 0 Å². The summed E-state index contributed by atoms with van der Waals surface area (Å²) in [6.07, 6.45) is 3.66. The van der Waals surface area contributed by atoms with Gasteiger partial charge in [-0.25, -0.2) is 0 Å². The van der Waals surface area contributed by atoms with Crippen LogP contribution in [0, 0.1) is 0 Å². The molecule has 0 aromatic heterocycles. The van der Waals surface area contributed by atoms with Crippen LogP contribution in [0.5, 0.6) is 0 Å².